The van der Waals surface area contributed by atoms with Crippen LogP contribution in [0.1, 0.15) is 25.5 Å². The maximum absolute atomic E-state index is 11.9. The van der Waals surface area contributed by atoms with Crippen molar-refractivity contribution in [2.24, 2.45) is 0 Å². The van der Waals surface area contributed by atoms with Crippen LogP contribution in [0, 0.1) is 6.92 Å². The van der Waals surface area contributed by atoms with E-state index in [1.54, 1.807) is 0 Å². The molecular formula is C14H21N5OS. The van der Waals surface area contributed by atoms with Crippen molar-refractivity contribution in [3.05, 3.63) is 22.1 Å². The first-order chi connectivity index (χ1) is 10.1. The van der Waals surface area contributed by atoms with Crippen LogP contribution < -0.4 is 10.5 Å². The van der Waals surface area contributed by atoms with E-state index in [2.05, 4.69) is 33.9 Å². The molecule has 6 nitrogen and oxygen atoms in total. The van der Waals surface area contributed by atoms with Crippen LogP contribution in [0.4, 0.5) is 5.13 Å². The summed E-state index contributed by atoms with van der Waals surface area (Å²) in [6.07, 6.45) is 2.28. The third-order valence-electron chi connectivity index (χ3n) is 4.22. The molecule has 3 rings (SSSR count). The molecule has 1 aliphatic rings. The Morgan fingerprint density at radius 2 is 2.14 bits per heavy atom. The Labute approximate surface area is 128 Å². The van der Waals surface area contributed by atoms with E-state index in [0.29, 0.717) is 11.0 Å². The summed E-state index contributed by atoms with van der Waals surface area (Å²) in [5.41, 5.74) is 0.642. The average molecular weight is 307 g/mol. The van der Waals surface area contributed by atoms with Gasteiger partial charge in [-0.3, -0.25) is 4.79 Å². The van der Waals surface area contributed by atoms with Gasteiger partial charge in [0.25, 0.3) is 5.56 Å². The van der Waals surface area contributed by atoms with Crippen molar-refractivity contribution in [3.8, 4) is 0 Å². The Hall–Kier alpha value is -1.47. The van der Waals surface area contributed by atoms with Gasteiger partial charge in [-0.25, -0.2) is 4.98 Å². The molecule has 7 heteroatoms. The number of rotatable bonds is 3. The molecular weight excluding hydrogens is 286 g/mol. The first-order valence-corrected chi connectivity index (χ1v) is 8.23. The summed E-state index contributed by atoms with van der Waals surface area (Å²) in [7, 11) is 2.07. The van der Waals surface area contributed by atoms with E-state index < -0.39 is 0 Å². The van der Waals surface area contributed by atoms with E-state index in [9.17, 15) is 4.79 Å². The van der Waals surface area contributed by atoms with E-state index in [4.69, 9.17) is 0 Å². The quantitative estimate of drug-likeness (QED) is 0.857. The van der Waals surface area contributed by atoms with Crippen LogP contribution in [0.25, 0.3) is 4.96 Å². The molecule has 0 saturated carbocycles. The molecule has 1 saturated heterocycles. The van der Waals surface area contributed by atoms with Crippen LogP contribution in [0.5, 0.6) is 0 Å². The minimum absolute atomic E-state index is 0.103. The molecule has 2 aromatic rings. The van der Waals surface area contributed by atoms with E-state index in [1.165, 1.54) is 21.9 Å². The molecule has 0 unspecified atom stereocenters. The first-order valence-electron chi connectivity index (χ1n) is 7.41. The molecule has 0 aromatic carbocycles. The second-order valence-corrected chi connectivity index (χ2v) is 6.53. The van der Waals surface area contributed by atoms with Gasteiger partial charge in [-0.1, -0.05) is 18.3 Å². The van der Waals surface area contributed by atoms with Crippen molar-refractivity contribution in [1.82, 2.24) is 19.5 Å². The van der Waals surface area contributed by atoms with Gasteiger partial charge in [0, 0.05) is 37.9 Å². The number of hydrogen-bond donors (Lipinski definition) is 0. The molecule has 0 amide bonds. The highest BCUT2D eigenvalue weighted by molar-refractivity contribution is 7.20. The van der Waals surface area contributed by atoms with Crippen LogP contribution in [-0.2, 0) is 0 Å². The summed E-state index contributed by atoms with van der Waals surface area (Å²) in [5, 5.41) is 5.32. The molecule has 0 radical (unpaired) electrons. The zero-order chi connectivity index (χ0) is 15.0. The summed E-state index contributed by atoms with van der Waals surface area (Å²) in [5.74, 6) is 0. The highest BCUT2D eigenvalue weighted by atomic mass is 32.1. The molecule has 0 aliphatic carbocycles. The number of aromatic nitrogens is 3. The number of likely N-dealkylation sites (tertiary alicyclic amines) is 1. The van der Waals surface area contributed by atoms with Gasteiger partial charge in [-0.15, -0.1) is 5.10 Å². The molecule has 114 valence electrons. The predicted molar refractivity (Wildman–Crippen MR) is 85.4 cm³/mol. The number of hydrogen-bond acceptors (Lipinski definition) is 6. The zero-order valence-electron chi connectivity index (χ0n) is 12.7. The topological polar surface area (TPSA) is 53.7 Å². The van der Waals surface area contributed by atoms with Crippen LogP contribution >= 0.6 is 11.3 Å². The highest BCUT2D eigenvalue weighted by Gasteiger charge is 2.24. The maximum atomic E-state index is 11.9. The third kappa shape index (κ3) is 2.80. The van der Waals surface area contributed by atoms with Crippen LogP contribution in [0.15, 0.2) is 10.9 Å². The number of piperidine rings is 1. The van der Waals surface area contributed by atoms with Crippen LogP contribution in [-0.4, -0.2) is 52.2 Å². The Morgan fingerprint density at radius 3 is 2.81 bits per heavy atom. The fourth-order valence-corrected chi connectivity index (χ4v) is 3.82. The standard InChI is InChI=1S/C14H21N5OS/c1-4-18-7-5-11(6-8-18)17(3)14-16-19-12(20)9-10(2)15-13(19)21-14/h9,11H,4-8H2,1-3H3. The van der Waals surface area contributed by atoms with Gasteiger partial charge in [0.05, 0.1) is 0 Å². The lowest BCUT2D eigenvalue weighted by molar-refractivity contribution is 0.220. The molecule has 1 fully saturated rings. The smallest absolute Gasteiger partial charge is 0.275 e. The fourth-order valence-electron chi connectivity index (χ4n) is 2.83. The van der Waals surface area contributed by atoms with Crippen LogP contribution in [0.2, 0.25) is 0 Å². The summed E-state index contributed by atoms with van der Waals surface area (Å²) < 4.78 is 1.41. The maximum Gasteiger partial charge on any atom is 0.275 e. The number of fused-ring (bicyclic) bond motifs is 1. The molecule has 0 bridgehead atoms. The Bertz CT molecular complexity index is 686. The van der Waals surface area contributed by atoms with Gasteiger partial charge in [0.1, 0.15) is 0 Å². The zero-order valence-corrected chi connectivity index (χ0v) is 13.6. The van der Waals surface area contributed by atoms with Crippen molar-refractivity contribution in [3.63, 3.8) is 0 Å². The molecule has 0 atom stereocenters. The summed E-state index contributed by atoms with van der Waals surface area (Å²) in [6.45, 7) is 7.43. The van der Waals surface area contributed by atoms with Crippen LogP contribution in [0.3, 0.4) is 0 Å². The third-order valence-corrected chi connectivity index (χ3v) is 5.22. The normalized spacial score (nSPS) is 17.5. The molecule has 3 heterocycles. The Morgan fingerprint density at radius 1 is 1.43 bits per heavy atom. The second-order valence-electron chi connectivity index (χ2n) is 5.59. The minimum atomic E-state index is -0.103. The van der Waals surface area contributed by atoms with Crippen molar-refractivity contribution in [2.45, 2.75) is 32.7 Å². The van der Waals surface area contributed by atoms with E-state index in [0.717, 1.165) is 43.3 Å². The number of aryl methyl sites for hydroxylation is 1. The SMILES string of the molecule is CCN1CCC(N(C)c2nn3c(=O)cc(C)nc3s2)CC1. The first kappa shape index (κ1) is 14.5. The Kier molecular flexibility index (Phi) is 3.95. The predicted octanol–water partition coefficient (Wildman–Crippen LogP) is 1.38. The van der Waals surface area contributed by atoms with Gasteiger partial charge in [0.15, 0.2) is 0 Å². The van der Waals surface area contributed by atoms with E-state index in [-0.39, 0.29) is 5.56 Å². The van der Waals surface area contributed by atoms with Gasteiger partial charge in [-0.05, 0) is 26.3 Å². The summed E-state index contributed by atoms with van der Waals surface area (Å²) in [4.78, 5) is 21.7. The average Bonchev–Trinajstić information content (AvgIpc) is 2.91. The molecule has 21 heavy (non-hydrogen) atoms. The van der Waals surface area contributed by atoms with Gasteiger partial charge in [-0.2, -0.15) is 4.52 Å². The summed E-state index contributed by atoms with van der Waals surface area (Å²) in [6, 6.07) is 2.01. The minimum Gasteiger partial charge on any atom is -0.347 e. The van der Waals surface area contributed by atoms with Crippen molar-refractivity contribution in [2.75, 3.05) is 31.6 Å². The van der Waals surface area contributed by atoms with Gasteiger partial charge >= 0.3 is 0 Å². The second kappa shape index (κ2) is 5.73. The monoisotopic (exact) mass is 307 g/mol. The summed E-state index contributed by atoms with van der Waals surface area (Å²) >= 11 is 1.49. The highest BCUT2D eigenvalue weighted by Crippen LogP contribution is 2.25. The van der Waals surface area contributed by atoms with Crippen molar-refractivity contribution >= 4 is 21.4 Å². The number of anilines is 1. The fraction of sp³-hybridized carbons (Fsp3) is 0.643. The molecule has 0 N–H and O–H groups in total. The lowest BCUT2D eigenvalue weighted by Crippen LogP contribution is -2.43. The Balaban J connectivity index is 1.83. The largest absolute Gasteiger partial charge is 0.347 e. The molecule has 1 aliphatic heterocycles. The lowest BCUT2D eigenvalue weighted by Gasteiger charge is -2.35. The van der Waals surface area contributed by atoms with Crippen molar-refractivity contribution in [1.29, 1.82) is 0 Å². The van der Waals surface area contributed by atoms with Crippen molar-refractivity contribution < 1.29 is 0 Å². The van der Waals surface area contributed by atoms with E-state index >= 15 is 0 Å². The van der Waals surface area contributed by atoms with Gasteiger partial charge < -0.3 is 9.80 Å². The molecule has 2 aromatic heterocycles. The van der Waals surface area contributed by atoms with Gasteiger partial charge in [0.2, 0.25) is 10.1 Å². The lowest BCUT2D eigenvalue weighted by atomic mass is 10.0. The molecule has 0 spiro atoms. The number of nitrogens with zero attached hydrogens (tertiary/aromatic N) is 5. The van der Waals surface area contributed by atoms with E-state index in [1.807, 2.05) is 6.92 Å².